The number of benzene rings is 10. The molecule has 0 aliphatic heterocycles. The van der Waals surface area contributed by atoms with E-state index in [1.807, 2.05) is 0 Å². The summed E-state index contributed by atoms with van der Waals surface area (Å²) in [4.78, 5) is 2.45. The van der Waals surface area contributed by atoms with Crippen molar-refractivity contribution in [3.63, 3.8) is 0 Å². The first-order valence-corrected chi connectivity index (χ1v) is 18.6. The predicted molar refractivity (Wildman–Crippen MR) is 230 cm³/mol. The number of nitrogens with zero attached hydrogens (tertiary/aromatic N) is 1. The lowest BCUT2D eigenvalue weighted by molar-refractivity contribution is 1.29. The van der Waals surface area contributed by atoms with Crippen molar-refractivity contribution in [2.75, 3.05) is 4.90 Å². The van der Waals surface area contributed by atoms with E-state index < -0.39 is 0 Å². The van der Waals surface area contributed by atoms with Gasteiger partial charge in [0.25, 0.3) is 0 Å². The minimum atomic E-state index is 1.14. The van der Waals surface area contributed by atoms with Gasteiger partial charge in [0.15, 0.2) is 0 Å². The molecule has 0 aliphatic carbocycles. The number of hydrogen-bond acceptors (Lipinski definition) is 1. The summed E-state index contributed by atoms with van der Waals surface area (Å²) in [6.07, 6.45) is 0. The minimum absolute atomic E-state index is 1.14. The molecule has 0 N–H and O–H groups in total. The van der Waals surface area contributed by atoms with Gasteiger partial charge in [-0.3, -0.25) is 0 Å². The lowest BCUT2D eigenvalue weighted by Gasteiger charge is -2.30. The van der Waals surface area contributed by atoms with Crippen LogP contribution in [0.4, 0.5) is 17.1 Å². The molecule has 10 rings (SSSR count). The van der Waals surface area contributed by atoms with Crippen molar-refractivity contribution in [1.29, 1.82) is 0 Å². The zero-order valence-corrected chi connectivity index (χ0v) is 30.5. The number of fused-ring (bicyclic) bond motifs is 2. The third-order valence-electron chi connectivity index (χ3n) is 11.1. The maximum atomic E-state index is 2.45. The zero-order chi connectivity index (χ0) is 35.8. The maximum absolute atomic E-state index is 2.45. The summed E-state index contributed by atoms with van der Waals surface area (Å²) in [7, 11) is 0. The molecule has 0 spiro atoms. The number of aryl methyl sites for hydroxylation is 4. The predicted octanol–water partition coefficient (Wildman–Crippen LogP) is 14.9. The number of rotatable bonds is 5. The van der Waals surface area contributed by atoms with Crippen LogP contribution in [0, 0.1) is 27.7 Å². The van der Waals surface area contributed by atoms with Gasteiger partial charge in [-0.15, -0.1) is 0 Å². The summed E-state index contributed by atoms with van der Waals surface area (Å²) in [5.74, 6) is 0. The van der Waals surface area contributed by atoms with E-state index in [1.54, 1.807) is 0 Å². The van der Waals surface area contributed by atoms with Crippen LogP contribution in [-0.2, 0) is 0 Å². The fourth-order valence-electron chi connectivity index (χ4n) is 8.78. The van der Waals surface area contributed by atoms with Gasteiger partial charge in [0.2, 0.25) is 0 Å². The van der Waals surface area contributed by atoms with Gasteiger partial charge in [-0.05, 0) is 141 Å². The first kappa shape index (κ1) is 31.3. The number of anilines is 3. The van der Waals surface area contributed by atoms with Crippen LogP contribution in [-0.4, -0.2) is 0 Å². The molecule has 0 fully saturated rings. The standard InChI is InChI=1S/C52H39N/c1-32-16-22-41(23-17-32)53(42-24-18-33(2)19-25-42)52-46-13-7-5-11-43(46)50(44-12-6-8-14-47(44)52)39-28-35(4)27-38(30-39)48-31-40-29-34(3)26-37-21-20-36-10-9-15-45(48)51(36)49(37)40/h5-31H,1-4H3. The minimum Gasteiger partial charge on any atom is -0.309 e. The Morgan fingerprint density at radius 1 is 0.340 bits per heavy atom. The lowest BCUT2D eigenvalue weighted by Crippen LogP contribution is -2.11. The molecule has 10 aromatic carbocycles. The van der Waals surface area contributed by atoms with Crippen molar-refractivity contribution in [3.05, 3.63) is 186 Å². The Balaban J connectivity index is 1.26. The first-order valence-electron chi connectivity index (χ1n) is 18.6. The SMILES string of the molecule is Cc1ccc(N(c2ccc(C)cc2)c2c3ccccc3c(-c3cc(C)cc(-c4cc5cc(C)cc6ccc7cccc4c7c65)c3)c3ccccc23)cc1. The van der Waals surface area contributed by atoms with Crippen LogP contribution in [0.5, 0.6) is 0 Å². The molecular formula is C52H39N. The summed E-state index contributed by atoms with van der Waals surface area (Å²) in [5.41, 5.74) is 13.5. The molecular weight excluding hydrogens is 639 g/mol. The molecule has 0 heterocycles. The summed E-state index contributed by atoms with van der Waals surface area (Å²) in [6.45, 7) is 8.75. The molecule has 0 saturated carbocycles. The van der Waals surface area contributed by atoms with Crippen molar-refractivity contribution >= 4 is 70.9 Å². The van der Waals surface area contributed by atoms with Gasteiger partial charge in [0, 0.05) is 22.1 Å². The second kappa shape index (κ2) is 12.1. The van der Waals surface area contributed by atoms with E-state index >= 15 is 0 Å². The van der Waals surface area contributed by atoms with Gasteiger partial charge in [-0.1, -0.05) is 139 Å². The third-order valence-corrected chi connectivity index (χ3v) is 11.1. The summed E-state index contributed by atoms with van der Waals surface area (Å²) < 4.78 is 0. The average Bonchev–Trinajstić information content (AvgIpc) is 3.17. The van der Waals surface area contributed by atoms with Crippen molar-refractivity contribution in [1.82, 2.24) is 0 Å². The van der Waals surface area contributed by atoms with Crippen LogP contribution in [0.1, 0.15) is 22.3 Å². The Labute approximate surface area is 310 Å². The molecule has 0 radical (unpaired) electrons. The second-order valence-corrected chi connectivity index (χ2v) is 14.9. The Bertz CT molecular complexity index is 2920. The van der Waals surface area contributed by atoms with Crippen molar-refractivity contribution in [2.24, 2.45) is 0 Å². The molecule has 0 aromatic heterocycles. The van der Waals surface area contributed by atoms with E-state index in [0.29, 0.717) is 0 Å². The van der Waals surface area contributed by atoms with Gasteiger partial charge < -0.3 is 4.90 Å². The smallest absolute Gasteiger partial charge is 0.0618 e. The Morgan fingerprint density at radius 3 is 1.51 bits per heavy atom. The Kier molecular flexibility index (Phi) is 7.13. The van der Waals surface area contributed by atoms with Gasteiger partial charge in [-0.25, -0.2) is 0 Å². The second-order valence-electron chi connectivity index (χ2n) is 14.9. The highest BCUT2D eigenvalue weighted by Gasteiger charge is 2.23. The third kappa shape index (κ3) is 5.07. The van der Waals surface area contributed by atoms with Crippen molar-refractivity contribution in [2.45, 2.75) is 27.7 Å². The van der Waals surface area contributed by atoms with E-state index in [4.69, 9.17) is 0 Å². The highest BCUT2D eigenvalue weighted by Crippen LogP contribution is 2.49. The molecule has 1 nitrogen and oxygen atoms in total. The van der Waals surface area contributed by atoms with Gasteiger partial charge >= 0.3 is 0 Å². The van der Waals surface area contributed by atoms with Crippen LogP contribution < -0.4 is 4.90 Å². The fourth-order valence-corrected chi connectivity index (χ4v) is 8.78. The van der Waals surface area contributed by atoms with Crippen LogP contribution in [0.25, 0.3) is 76.1 Å². The monoisotopic (exact) mass is 677 g/mol. The van der Waals surface area contributed by atoms with Crippen LogP contribution in [0.2, 0.25) is 0 Å². The van der Waals surface area contributed by atoms with Crippen LogP contribution in [0.15, 0.2) is 164 Å². The maximum Gasteiger partial charge on any atom is 0.0618 e. The van der Waals surface area contributed by atoms with E-state index in [0.717, 1.165) is 11.4 Å². The van der Waals surface area contributed by atoms with Gasteiger partial charge in [0.05, 0.1) is 5.69 Å². The molecule has 0 amide bonds. The summed E-state index contributed by atoms with van der Waals surface area (Å²) in [6, 6.07) is 61.4. The molecule has 0 saturated heterocycles. The molecule has 1 heteroatoms. The molecule has 10 aromatic rings. The largest absolute Gasteiger partial charge is 0.309 e. The fraction of sp³-hybridized carbons (Fsp3) is 0.0769. The van der Waals surface area contributed by atoms with Crippen LogP contribution >= 0.6 is 0 Å². The quantitative estimate of drug-likeness (QED) is 0.129. The molecule has 0 atom stereocenters. The number of hydrogen-bond donors (Lipinski definition) is 0. The molecule has 252 valence electrons. The Hall–Kier alpha value is -6.44. The average molecular weight is 678 g/mol. The van der Waals surface area contributed by atoms with Crippen LogP contribution in [0.3, 0.4) is 0 Å². The first-order chi connectivity index (χ1) is 25.9. The van der Waals surface area contributed by atoms with E-state index in [-0.39, 0.29) is 0 Å². The topological polar surface area (TPSA) is 3.24 Å². The normalized spacial score (nSPS) is 11.8. The van der Waals surface area contributed by atoms with Gasteiger partial charge in [-0.2, -0.15) is 0 Å². The van der Waals surface area contributed by atoms with Crippen molar-refractivity contribution < 1.29 is 0 Å². The molecule has 53 heavy (non-hydrogen) atoms. The summed E-state index contributed by atoms with van der Waals surface area (Å²) >= 11 is 0. The molecule has 0 unspecified atom stereocenters. The highest BCUT2D eigenvalue weighted by molar-refractivity contribution is 6.27. The highest BCUT2D eigenvalue weighted by atomic mass is 15.1. The molecule has 0 bridgehead atoms. The zero-order valence-electron chi connectivity index (χ0n) is 30.5. The van der Waals surface area contributed by atoms with Gasteiger partial charge in [0.1, 0.15) is 0 Å². The Morgan fingerprint density at radius 2 is 0.868 bits per heavy atom. The van der Waals surface area contributed by atoms with Crippen molar-refractivity contribution in [3.8, 4) is 22.3 Å². The summed E-state index contributed by atoms with van der Waals surface area (Å²) in [5, 5.41) is 12.9. The molecule has 0 aliphatic rings. The lowest BCUT2D eigenvalue weighted by atomic mass is 9.85. The van der Waals surface area contributed by atoms with E-state index in [1.165, 1.54) is 104 Å². The van der Waals surface area contributed by atoms with E-state index in [9.17, 15) is 0 Å². The van der Waals surface area contributed by atoms with E-state index in [2.05, 4.69) is 196 Å².